The summed E-state index contributed by atoms with van der Waals surface area (Å²) in [5.41, 5.74) is 2.72. The lowest BCUT2D eigenvalue weighted by Gasteiger charge is -2.23. The summed E-state index contributed by atoms with van der Waals surface area (Å²) in [5, 5.41) is 3.51. The molecule has 4 nitrogen and oxygen atoms in total. The number of urea groups is 1. The molecule has 0 saturated carbocycles. The molecule has 132 valence electrons. The Morgan fingerprint density at radius 1 is 1.00 bits per heavy atom. The molecule has 5 heteroatoms. The Morgan fingerprint density at radius 2 is 1.81 bits per heavy atom. The number of nitrogens with one attached hydrogen (secondary N) is 1. The molecule has 2 amide bonds. The summed E-state index contributed by atoms with van der Waals surface area (Å²) in [7, 11) is 0. The number of carbonyl (C=O) groups is 1. The number of rotatable bonds is 6. The topological polar surface area (TPSA) is 45.2 Å². The van der Waals surface area contributed by atoms with Gasteiger partial charge in [-0.05, 0) is 35.9 Å². The Balaban J connectivity index is 1.71. The average molecular weight is 366 g/mol. The molecule has 2 aromatic carbocycles. The van der Waals surface area contributed by atoms with E-state index in [1.54, 1.807) is 23.2 Å². The summed E-state index contributed by atoms with van der Waals surface area (Å²) < 4.78 is 0. The average Bonchev–Trinajstić information content (AvgIpc) is 2.66. The lowest BCUT2D eigenvalue weighted by atomic mass is 10.2. The fraction of sp³-hybridized carbons (Fsp3) is 0.143. The van der Waals surface area contributed by atoms with Crippen molar-refractivity contribution >= 4 is 23.3 Å². The number of nitrogens with zero attached hydrogens (tertiary/aromatic N) is 2. The monoisotopic (exact) mass is 365 g/mol. The van der Waals surface area contributed by atoms with E-state index in [0.717, 1.165) is 11.3 Å². The molecule has 0 atom stereocenters. The molecule has 0 aliphatic heterocycles. The normalized spacial score (nSPS) is 10.3. The molecule has 0 aliphatic carbocycles. The van der Waals surface area contributed by atoms with Gasteiger partial charge in [0.25, 0.3) is 0 Å². The molecule has 0 fully saturated rings. The number of halogens is 1. The van der Waals surface area contributed by atoms with Gasteiger partial charge in [-0.3, -0.25) is 4.98 Å². The van der Waals surface area contributed by atoms with Gasteiger partial charge in [-0.15, -0.1) is 0 Å². The minimum absolute atomic E-state index is 0.160. The van der Waals surface area contributed by atoms with E-state index in [-0.39, 0.29) is 6.03 Å². The molecule has 0 spiro atoms. The van der Waals surface area contributed by atoms with E-state index in [2.05, 4.69) is 10.3 Å². The smallest absolute Gasteiger partial charge is 0.320 e. The van der Waals surface area contributed by atoms with Crippen molar-refractivity contribution in [2.45, 2.75) is 13.0 Å². The summed E-state index contributed by atoms with van der Waals surface area (Å²) in [6.07, 6.45) is 2.46. The SMILES string of the molecule is O=C(Nc1cccc(Cl)c1)N(CCc1ccccn1)Cc1ccccc1. The first-order valence-electron chi connectivity index (χ1n) is 8.46. The van der Waals surface area contributed by atoms with Crippen molar-refractivity contribution in [3.8, 4) is 0 Å². The molecule has 3 aromatic rings. The summed E-state index contributed by atoms with van der Waals surface area (Å²) in [4.78, 5) is 18.9. The van der Waals surface area contributed by atoms with E-state index >= 15 is 0 Å². The van der Waals surface area contributed by atoms with Crippen molar-refractivity contribution in [2.75, 3.05) is 11.9 Å². The predicted molar refractivity (Wildman–Crippen MR) is 105 cm³/mol. The fourth-order valence-corrected chi connectivity index (χ4v) is 2.81. The van der Waals surface area contributed by atoms with E-state index in [4.69, 9.17) is 11.6 Å². The van der Waals surface area contributed by atoms with E-state index in [0.29, 0.717) is 30.2 Å². The second-order valence-corrected chi connectivity index (χ2v) is 6.36. The first-order valence-corrected chi connectivity index (χ1v) is 8.84. The van der Waals surface area contributed by atoms with Gasteiger partial charge in [-0.2, -0.15) is 0 Å². The zero-order valence-corrected chi connectivity index (χ0v) is 15.1. The number of amides is 2. The maximum atomic E-state index is 12.8. The highest BCUT2D eigenvalue weighted by molar-refractivity contribution is 6.30. The molecule has 1 heterocycles. The Hall–Kier alpha value is -2.85. The quantitative estimate of drug-likeness (QED) is 0.667. The third-order valence-electron chi connectivity index (χ3n) is 3.94. The molecular weight excluding hydrogens is 346 g/mol. The number of benzene rings is 2. The van der Waals surface area contributed by atoms with Crippen molar-refractivity contribution in [1.29, 1.82) is 0 Å². The summed E-state index contributed by atoms with van der Waals surface area (Å²) in [6.45, 7) is 1.10. The first kappa shape index (κ1) is 18.0. The highest BCUT2D eigenvalue weighted by Crippen LogP contribution is 2.16. The van der Waals surface area contributed by atoms with E-state index in [1.165, 1.54) is 0 Å². The first-order chi connectivity index (χ1) is 12.7. The second-order valence-electron chi connectivity index (χ2n) is 5.92. The van der Waals surface area contributed by atoms with Gasteiger partial charge in [0, 0.05) is 42.1 Å². The van der Waals surface area contributed by atoms with Gasteiger partial charge in [-0.25, -0.2) is 4.79 Å². The van der Waals surface area contributed by atoms with Crippen LogP contribution in [0.4, 0.5) is 10.5 Å². The van der Waals surface area contributed by atoms with Crippen LogP contribution in [-0.4, -0.2) is 22.5 Å². The van der Waals surface area contributed by atoms with Gasteiger partial charge in [0.15, 0.2) is 0 Å². The Morgan fingerprint density at radius 3 is 2.54 bits per heavy atom. The molecule has 26 heavy (non-hydrogen) atoms. The molecular formula is C21H20ClN3O. The minimum atomic E-state index is -0.160. The summed E-state index contributed by atoms with van der Waals surface area (Å²) in [5.74, 6) is 0. The molecule has 0 aliphatic rings. The van der Waals surface area contributed by atoms with E-state index < -0.39 is 0 Å². The van der Waals surface area contributed by atoms with Crippen LogP contribution in [0.3, 0.4) is 0 Å². The molecule has 0 unspecified atom stereocenters. The van der Waals surface area contributed by atoms with Crippen LogP contribution >= 0.6 is 11.6 Å². The number of hydrogen-bond acceptors (Lipinski definition) is 2. The van der Waals surface area contributed by atoms with Gasteiger partial charge in [-0.1, -0.05) is 54.1 Å². The minimum Gasteiger partial charge on any atom is -0.320 e. The lowest BCUT2D eigenvalue weighted by Crippen LogP contribution is -2.36. The number of anilines is 1. The van der Waals surface area contributed by atoms with Gasteiger partial charge < -0.3 is 10.2 Å². The van der Waals surface area contributed by atoms with Crippen LogP contribution in [0.2, 0.25) is 5.02 Å². The lowest BCUT2D eigenvalue weighted by molar-refractivity contribution is 0.209. The van der Waals surface area contributed by atoms with Crippen LogP contribution in [0.5, 0.6) is 0 Å². The largest absolute Gasteiger partial charge is 0.322 e. The highest BCUT2D eigenvalue weighted by Gasteiger charge is 2.15. The molecule has 3 rings (SSSR count). The summed E-state index contributed by atoms with van der Waals surface area (Å²) in [6, 6.07) is 22.7. The van der Waals surface area contributed by atoms with Gasteiger partial charge in [0.1, 0.15) is 0 Å². The van der Waals surface area contributed by atoms with Crippen LogP contribution in [-0.2, 0) is 13.0 Å². The maximum absolute atomic E-state index is 12.8. The van der Waals surface area contributed by atoms with Gasteiger partial charge in [0.2, 0.25) is 0 Å². The Labute approximate surface area is 158 Å². The van der Waals surface area contributed by atoms with E-state index in [9.17, 15) is 4.79 Å². The number of carbonyl (C=O) groups excluding carboxylic acids is 1. The predicted octanol–water partition coefficient (Wildman–Crippen LogP) is 5.01. The number of aromatic nitrogens is 1. The maximum Gasteiger partial charge on any atom is 0.322 e. The van der Waals surface area contributed by atoms with Gasteiger partial charge >= 0.3 is 6.03 Å². The second kappa shape index (κ2) is 9.02. The number of pyridine rings is 1. The molecule has 1 N–H and O–H groups in total. The van der Waals surface area contributed by atoms with Crippen molar-refractivity contribution in [3.63, 3.8) is 0 Å². The van der Waals surface area contributed by atoms with Crippen molar-refractivity contribution in [3.05, 3.63) is 95.3 Å². The van der Waals surface area contributed by atoms with Crippen LogP contribution in [0.1, 0.15) is 11.3 Å². The van der Waals surface area contributed by atoms with Crippen LogP contribution in [0.25, 0.3) is 0 Å². The molecule has 0 radical (unpaired) electrons. The Kier molecular flexibility index (Phi) is 6.23. The van der Waals surface area contributed by atoms with Crippen molar-refractivity contribution < 1.29 is 4.79 Å². The third kappa shape index (κ3) is 5.33. The third-order valence-corrected chi connectivity index (χ3v) is 4.18. The molecule has 0 saturated heterocycles. The van der Waals surface area contributed by atoms with Crippen molar-refractivity contribution in [1.82, 2.24) is 9.88 Å². The van der Waals surface area contributed by atoms with Crippen LogP contribution in [0, 0.1) is 0 Å². The van der Waals surface area contributed by atoms with Crippen LogP contribution < -0.4 is 5.32 Å². The zero-order valence-electron chi connectivity index (χ0n) is 14.3. The standard InChI is InChI=1S/C21H20ClN3O/c22-18-9-6-11-20(15-18)24-21(26)25(16-17-7-2-1-3-8-17)14-12-19-10-4-5-13-23-19/h1-11,13,15H,12,14,16H2,(H,24,26). The van der Waals surface area contributed by atoms with Crippen LogP contribution in [0.15, 0.2) is 79.0 Å². The van der Waals surface area contributed by atoms with Gasteiger partial charge in [0.05, 0.1) is 0 Å². The Bertz CT molecular complexity index is 840. The molecule has 1 aromatic heterocycles. The summed E-state index contributed by atoms with van der Waals surface area (Å²) >= 11 is 6.01. The van der Waals surface area contributed by atoms with Crippen molar-refractivity contribution in [2.24, 2.45) is 0 Å². The zero-order chi connectivity index (χ0) is 18.2. The molecule has 0 bridgehead atoms. The van der Waals surface area contributed by atoms with E-state index in [1.807, 2.05) is 60.7 Å². The number of hydrogen-bond donors (Lipinski definition) is 1. The fourth-order valence-electron chi connectivity index (χ4n) is 2.62. The highest BCUT2D eigenvalue weighted by atomic mass is 35.5.